The highest BCUT2D eigenvalue weighted by Gasteiger charge is 2.36. The third-order valence-corrected chi connectivity index (χ3v) is 9.09. The second-order valence-corrected chi connectivity index (χ2v) is 12.8. The quantitative estimate of drug-likeness (QED) is 0.206. The summed E-state index contributed by atoms with van der Waals surface area (Å²) in [5.41, 5.74) is 2.75. The van der Waals surface area contributed by atoms with Gasteiger partial charge in [0, 0.05) is 64.6 Å². The van der Waals surface area contributed by atoms with E-state index in [0.717, 1.165) is 42.0 Å². The van der Waals surface area contributed by atoms with Crippen LogP contribution in [0.5, 0.6) is 11.5 Å². The number of pyridine rings is 2. The third kappa shape index (κ3) is 6.81. The van der Waals surface area contributed by atoms with Crippen molar-refractivity contribution < 1.29 is 27.1 Å². The molecule has 0 spiro atoms. The van der Waals surface area contributed by atoms with Gasteiger partial charge in [-0.2, -0.15) is 18.3 Å². The predicted octanol–water partition coefficient (Wildman–Crippen LogP) is 6.21. The lowest BCUT2D eigenvalue weighted by Crippen LogP contribution is -2.44. The van der Waals surface area contributed by atoms with Crippen LogP contribution in [0.15, 0.2) is 55.1 Å². The Morgan fingerprint density at radius 3 is 2.59 bits per heavy atom. The van der Waals surface area contributed by atoms with Crippen LogP contribution in [0.1, 0.15) is 35.2 Å². The molecular weight excluding hydrogens is 642 g/mol. The Kier molecular flexibility index (Phi) is 8.48. The summed E-state index contributed by atoms with van der Waals surface area (Å²) in [6.45, 7) is 5.39. The summed E-state index contributed by atoms with van der Waals surface area (Å²) < 4.78 is 65.2. The van der Waals surface area contributed by atoms with Crippen molar-refractivity contribution in [1.29, 1.82) is 0 Å². The number of nitrogens with one attached hydrogen (secondary N) is 2. The first kappa shape index (κ1) is 32.5. The Bertz CT molecular complexity index is 2020. The maximum absolute atomic E-state index is 15.1. The molecule has 4 aromatic heterocycles. The summed E-state index contributed by atoms with van der Waals surface area (Å²) in [6, 6.07) is 7.54. The number of carbonyl (C=O) groups excluding carboxylic acids is 1. The van der Waals surface area contributed by atoms with Crippen LogP contribution in [0.2, 0.25) is 0 Å². The number of hydrogen-bond acceptors (Lipinski definition) is 7. The number of amides is 2. The molecule has 2 aliphatic heterocycles. The Balaban J connectivity index is 1.08. The molecule has 1 atom stereocenters. The number of anilines is 1. The molecule has 49 heavy (non-hydrogen) atoms. The minimum Gasteiger partial charge on any atom is -0.453 e. The lowest BCUT2D eigenvalue weighted by atomic mass is 9.91. The molecule has 0 bridgehead atoms. The molecular formula is C34H35F4N9O2. The van der Waals surface area contributed by atoms with E-state index in [-0.39, 0.29) is 36.1 Å². The van der Waals surface area contributed by atoms with Crippen LogP contribution in [0, 0.1) is 5.82 Å². The van der Waals surface area contributed by atoms with E-state index in [1.807, 2.05) is 31.1 Å². The number of piperazine rings is 1. The number of H-pyrrole nitrogens is 1. The van der Waals surface area contributed by atoms with Crippen molar-refractivity contribution in [3.05, 3.63) is 83.3 Å². The van der Waals surface area contributed by atoms with Crippen LogP contribution in [-0.4, -0.2) is 85.2 Å². The van der Waals surface area contributed by atoms with Crippen molar-refractivity contribution in [3.8, 4) is 22.8 Å². The topological polar surface area (TPSA) is 107 Å². The Morgan fingerprint density at radius 1 is 1.06 bits per heavy atom. The average molecular weight is 678 g/mol. The van der Waals surface area contributed by atoms with Gasteiger partial charge in [0.2, 0.25) is 0 Å². The monoisotopic (exact) mass is 677 g/mol. The van der Waals surface area contributed by atoms with Gasteiger partial charge in [-0.1, -0.05) is 13.0 Å². The molecule has 1 saturated heterocycles. The highest BCUT2D eigenvalue weighted by molar-refractivity contribution is 5.90. The van der Waals surface area contributed by atoms with Crippen molar-refractivity contribution in [2.24, 2.45) is 7.05 Å². The second-order valence-electron chi connectivity index (χ2n) is 12.8. The minimum atomic E-state index is -4.63. The molecule has 6 heterocycles. The fourth-order valence-electron chi connectivity index (χ4n) is 6.43. The number of urea groups is 1. The normalized spacial score (nSPS) is 17.4. The smallest absolute Gasteiger partial charge is 0.418 e. The molecule has 1 fully saturated rings. The SMILES string of the molecule is C[C@H]1CN(C(=O)Nc2cnc(CN3CCN(C)CC3)c(C(F)(F)F)c2)Cc2cc(Oc3c(F)cnc4[nH]c(-c5cnn(C)c5)cc34)ccc21. The number of halogens is 4. The molecule has 2 amide bonds. The van der Waals surface area contributed by atoms with Crippen LogP contribution in [-0.2, 0) is 26.3 Å². The molecule has 11 nitrogen and oxygen atoms in total. The zero-order valence-electron chi connectivity index (χ0n) is 27.2. The third-order valence-electron chi connectivity index (χ3n) is 9.09. The van der Waals surface area contributed by atoms with Gasteiger partial charge in [-0.3, -0.25) is 14.6 Å². The number of hydrogen-bond donors (Lipinski definition) is 2. The predicted molar refractivity (Wildman–Crippen MR) is 175 cm³/mol. The number of nitrogens with zero attached hydrogens (tertiary/aromatic N) is 7. The highest BCUT2D eigenvalue weighted by atomic mass is 19.4. The van der Waals surface area contributed by atoms with Gasteiger partial charge in [0.15, 0.2) is 11.6 Å². The molecule has 15 heteroatoms. The fraction of sp³-hybridized carbons (Fsp3) is 0.353. The number of aromatic nitrogens is 5. The first-order valence-electron chi connectivity index (χ1n) is 15.9. The van der Waals surface area contributed by atoms with E-state index in [1.54, 1.807) is 36.1 Å². The number of ether oxygens (including phenoxy) is 1. The largest absolute Gasteiger partial charge is 0.453 e. The Hall–Kier alpha value is -5.02. The maximum Gasteiger partial charge on any atom is 0.418 e. The number of carbonyl (C=O) groups is 1. The lowest BCUT2D eigenvalue weighted by Gasteiger charge is -2.33. The van der Waals surface area contributed by atoms with E-state index in [9.17, 15) is 18.0 Å². The zero-order chi connectivity index (χ0) is 34.4. The van der Waals surface area contributed by atoms with Crippen molar-refractivity contribution in [2.75, 3.05) is 45.1 Å². The van der Waals surface area contributed by atoms with E-state index in [1.165, 1.54) is 11.1 Å². The van der Waals surface area contributed by atoms with Gasteiger partial charge in [0.1, 0.15) is 11.4 Å². The summed E-state index contributed by atoms with van der Waals surface area (Å²) >= 11 is 0. The number of rotatable bonds is 6. The van der Waals surface area contributed by atoms with E-state index in [2.05, 4.69) is 30.3 Å². The second kappa shape index (κ2) is 12.8. The van der Waals surface area contributed by atoms with Crippen LogP contribution in [0.3, 0.4) is 0 Å². The molecule has 2 N–H and O–H groups in total. The number of aryl methyl sites for hydroxylation is 1. The number of alkyl halides is 3. The van der Waals surface area contributed by atoms with E-state index in [4.69, 9.17) is 4.74 Å². The van der Waals surface area contributed by atoms with Gasteiger partial charge in [0.05, 0.1) is 46.6 Å². The van der Waals surface area contributed by atoms with Crippen molar-refractivity contribution in [2.45, 2.75) is 32.1 Å². The first-order chi connectivity index (χ1) is 23.4. The van der Waals surface area contributed by atoms with Gasteiger partial charge < -0.3 is 24.8 Å². The lowest BCUT2D eigenvalue weighted by molar-refractivity contribution is -0.138. The fourth-order valence-corrected chi connectivity index (χ4v) is 6.43. The van der Waals surface area contributed by atoms with Crippen LogP contribution in [0.25, 0.3) is 22.3 Å². The van der Waals surface area contributed by atoms with Gasteiger partial charge in [-0.25, -0.2) is 14.2 Å². The molecule has 0 saturated carbocycles. The van der Waals surface area contributed by atoms with Gasteiger partial charge in [0.25, 0.3) is 0 Å². The highest BCUT2D eigenvalue weighted by Crippen LogP contribution is 2.38. The number of likely N-dealkylation sites (N-methyl/N-ethyl adjacent to an activating group) is 1. The zero-order valence-corrected chi connectivity index (χ0v) is 27.2. The molecule has 1 aromatic carbocycles. The number of fused-ring (bicyclic) bond motifs is 2. The standard InChI is InChI=1S/C34H35F4N9O2/c1-20-16-47(33(48)42-23-11-27(34(36,37)38)30(39-14-23)19-46-8-6-44(2)7-9-46)18-21-10-24(4-5-25(20)21)49-31-26-12-29(22-13-41-45(3)17-22)43-32(26)40-15-28(31)35/h4-5,10-15,17,20H,6-9,16,18-19H2,1-3H3,(H,40,43)(H,42,48)/t20-/m0/s1. The number of benzene rings is 1. The van der Waals surface area contributed by atoms with Crippen molar-refractivity contribution >= 4 is 22.8 Å². The van der Waals surface area contributed by atoms with Crippen LogP contribution in [0.4, 0.5) is 28.0 Å². The van der Waals surface area contributed by atoms with E-state index < -0.39 is 23.6 Å². The van der Waals surface area contributed by atoms with Crippen molar-refractivity contribution in [3.63, 3.8) is 0 Å². The molecule has 5 aromatic rings. The molecule has 2 aliphatic rings. The first-order valence-corrected chi connectivity index (χ1v) is 15.9. The van der Waals surface area contributed by atoms with Gasteiger partial charge in [-0.15, -0.1) is 0 Å². The molecule has 256 valence electrons. The number of aromatic amines is 1. The van der Waals surface area contributed by atoms with Crippen LogP contribution < -0.4 is 10.1 Å². The maximum atomic E-state index is 15.1. The van der Waals surface area contributed by atoms with Gasteiger partial charge >= 0.3 is 12.2 Å². The summed E-state index contributed by atoms with van der Waals surface area (Å²) in [6.07, 6.45) is 1.24. The molecule has 0 aliphatic carbocycles. The summed E-state index contributed by atoms with van der Waals surface area (Å²) in [5.74, 6) is -0.357. The minimum absolute atomic E-state index is 0.00108. The van der Waals surface area contributed by atoms with E-state index in [0.29, 0.717) is 42.1 Å². The average Bonchev–Trinajstić information content (AvgIpc) is 3.70. The van der Waals surface area contributed by atoms with Gasteiger partial charge in [-0.05, 0) is 48.4 Å². The summed E-state index contributed by atoms with van der Waals surface area (Å²) in [4.78, 5) is 30.5. The summed E-state index contributed by atoms with van der Waals surface area (Å²) in [7, 11) is 3.78. The summed E-state index contributed by atoms with van der Waals surface area (Å²) in [5, 5.41) is 7.26. The Morgan fingerprint density at radius 2 is 1.86 bits per heavy atom. The van der Waals surface area contributed by atoms with E-state index >= 15 is 4.39 Å². The molecule has 0 unspecified atom stereocenters. The van der Waals surface area contributed by atoms with Crippen LogP contribution >= 0.6 is 0 Å². The Labute approximate surface area is 279 Å². The van der Waals surface area contributed by atoms with Crippen molar-refractivity contribution in [1.82, 2.24) is 39.4 Å². The molecule has 7 rings (SSSR count). The molecule has 0 radical (unpaired) electrons.